The minimum absolute atomic E-state index is 0.185. The van der Waals surface area contributed by atoms with Gasteiger partial charge in [0.25, 0.3) is 0 Å². The summed E-state index contributed by atoms with van der Waals surface area (Å²) in [5.74, 6) is -0.185. The molecular weight excluding hydrogens is 325 g/mol. The van der Waals surface area contributed by atoms with Crippen molar-refractivity contribution in [2.24, 2.45) is 0 Å². The second-order valence-corrected chi connectivity index (χ2v) is 6.65. The van der Waals surface area contributed by atoms with Gasteiger partial charge in [0.05, 0.1) is 0 Å². The molecule has 1 aliphatic rings. The highest BCUT2D eigenvalue weighted by molar-refractivity contribution is 5.52. The number of benzene rings is 2. The van der Waals surface area contributed by atoms with Gasteiger partial charge in [-0.05, 0) is 53.9 Å². The summed E-state index contributed by atoms with van der Waals surface area (Å²) < 4.78 is 13.0. The van der Waals surface area contributed by atoms with Crippen LogP contribution in [0.2, 0.25) is 0 Å². The fourth-order valence-electron chi connectivity index (χ4n) is 3.44. The van der Waals surface area contributed by atoms with Gasteiger partial charge in [0, 0.05) is 49.9 Å². The van der Waals surface area contributed by atoms with E-state index in [-0.39, 0.29) is 5.82 Å². The molecule has 0 atom stereocenters. The lowest BCUT2D eigenvalue weighted by Gasteiger charge is -2.37. The van der Waals surface area contributed by atoms with Crippen LogP contribution in [0.1, 0.15) is 11.1 Å². The highest BCUT2D eigenvalue weighted by Gasteiger charge is 2.17. The lowest BCUT2D eigenvalue weighted by Crippen LogP contribution is -2.46. The van der Waals surface area contributed by atoms with E-state index >= 15 is 0 Å². The van der Waals surface area contributed by atoms with E-state index < -0.39 is 0 Å². The van der Waals surface area contributed by atoms with E-state index in [4.69, 9.17) is 0 Å². The fourth-order valence-corrected chi connectivity index (χ4v) is 3.44. The van der Waals surface area contributed by atoms with Crippen molar-refractivity contribution >= 4 is 11.4 Å². The molecule has 4 rings (SSSR count). The number of anilines is 2. The van der Waals surface area contributed by atoms with E-state index in [1.165, 1.54) is 29.1 Å². The van der Waals surface area contributed by atoms with Crippen LogP contribution in [0.25, 0.3) is 0 Å². The first kappa shape index (κ1) is 16.6. The van der Waals surface area contributed by atoms with Crippen molar-refractivity contribution in [2.45, 2.75) is 6.42 Å². The maximum Gasteiger partial charge on any atom is 0.123 e. The average Bonchev–Trinajstić information content (AvgIpc) is 2.71. The van der Waals surface area contributed by atoms with Crippen molar-refractivity contribution in [1.29, 1.82) is 0 Å². The van der Waals surface area contributed by atoms with E-state index in [2.05, 4.69) is 51.2 Å². The average molecular weight is 347 g/mol. The molecule has 0 N–H and O–H groups in total. The van der Waals surface area contributed by atoms with Crippen molar-refractivity contribution in [3.05, 3.63) is 90.0 Å². The van der Waals surface area contributed by atoms with Gasteiger partial charge in [-0.2, -0.15) is 0 Å². The third-order valence-electron chi connectivity index (χ3n) is 4.93. The highest BCUT2D eigenvalue weighted by atomic mass is 19.1. The minimum atomic E-state index is -0.185. The van der Waals surface area contributed by atoms with Crippen molar-refractivity contribution in [3.8, 4) is 0 Å². The number of aromatic nitrogens is 1. The van der Waals surface area contributed by atoms with Gasteiger partial charge in [0.2, 0.25) is 0 Å². The summed E-state index contributed by atoms with van der Waals surface area (Å²) in [5.41, 5.74) is 4.89. The van der Waals surface area contributed by atoms with Crippen LogP contribution in [0.4, 0.5) is 15.8 Å². The van der Waals surface area contributed by atoms with Crippen LogP contribution in [-0.2, 0) is 6.42 Å². The molecule has 1 aliphatic heterocycles. The number of hydrogen-bond donors (Lipinski definition) is 0. The van der Waals surface area contributed by atoms with Gasteiger partial charge in [-0.15, -0.1) is 0 Å². The van der Waals surface area contributed by atoms with Gasteiger partial charge >= 0.3 is 0 Å². The first-order chi connectivity index (χ1) is 12.8. The first-order valence-electron chi connectivity index (χ1n) is 9.01. The second kappa shape index (κ2) is 7.56. The van der Waals surface area contributed by atoms with Crippen LogP contribution < -0.4 is 9.80 Å². The number of rotatable bonds is 4. The molecule has 4 heteroatoms. The van der Waals surface area contributed by atoms with E-state index in [1.54, 1.807) is 0 Å². The molecule has 0 spiro atoms. The third-order valence-corrected chi connectivity index (χ3v) is 4.93. The normalized spacial score (nSPS) is 14.5. The molecule has 1 saturated heterocycles. The Kier molecular flexibility index (Phi) is 4.82. The third kappa shape index (κ3) is 3.85. The molecule has 2 heterocycles. The van der Waals surface area contributed by atoms with Crippen LogP contribution in [0.3, 0.4) is 0 Å². The zero-order chi connectivity index (χ0) is 17.8. The van der Waals surface area contributed by atoms with Crippen LogP contribution in [0.5, 0.6) is 0 Å². The molecular formula is C22H22FN3. The Balaban J connectivity index is 1.36. The van der Waals surface area contributed by atoms with Gasteiger partial charge in [-0.1, -0.05) is 24.3 Å². The summed E-state index contributed by atoms with van der Waals surface area (Å²) >= 11 is 0. The van der Waals surface area contributed by atoms with E-state index in [0.29, 0.717) is 0 Å². The maximum absolute atomic E-state index is 13.0. The van der Waals surface area contributed by atoms with Crippen LogP contribution in [0.15, 0.2) is 73.1 Å². The van der Waals surface area contributed by atoms with Crippen LogP contribution in [0, 0.1) is 5.82 Å². The molecule has 2 aromatic carbocycles. The van der Waals surface area contributed by atoms with E-state index in [0.717, 1.165) is 38.2 Å². The second-order valence-electron chi connectivity index (χ2n) is 6.65. The minimum Gasteiger partial charge on any atom is -0.368 e. The lowest BCUT2D eigenvalue weighted by molar-refractivity contribution is 0.627. The van der Waals surface area contributed by atoms with Gasteiger partial charge < -0.3 is 9.80 Å². The lowest BCUT2D eigenvalue weighted by atomic mass is 10.0. The zero-order valence-corrected chi connectivity index (χ0v) is 14.7. The number of piperazine rings is 1. The van der Waals surface area contributed by atoms with Gasteiger partial charge in [0.15, 0.2) is 0 Å². The Labute approximate surface area is 153 Å². The molecule has 0 saturated carbocycles. The standard InChI is InChI=1S/C22H22FN3/c23-20-5-1-18(2-6-20)17-19-3-7-21(8-4-19)25-13-15-26(16-14-25)22-9-11-24-12-10-22/h1-12H,13-17H2. The molecule has 26 heavy (non-hydrogen) atoms. The molecule has 3 aromatic rings. The summed E-state index contributed by atoms with van der Waals surface area (Å²) in [6.07, 6.45) is 4.53. The topological polar surface area (TPSA) is 19.4 Å². The predicted molar refractivity (Wildman–Crippen MR) is 104 cm³/mol. The van der Waals surface area contributed by atoms with Crippen molar-refractivity contribution in [2.75, 3.05) is 36.0 Å². The molecule has 0 unspecified atom stereocenters. The van der Waals surface area contributed by atoms with Gasteiger partial charge in [-0.25, -0.2) is 4.39 Å². The van der Waals surface area contributed by atoms with E-state index in [9.17, 15) is 4.39 Å². The fraction of sp³-hybridized carbons (Fsp3) is 0.227. The quantitative estimate of drug-likeness (QED) is 0.707. The highest BCUT2D eigenvalue weighted by Crippen LogP contribution is 2.21. The van der Waals surface area contributed by atoms with E-state index in [1.807, 2.05) is 24.5 Å². The molecule has 0 radical (unpaired) electrons. The maximum atomic E-state index is 13.0. The SMILES string of the molecule is Fc1ccc(Cc2ccc(N3CCN(c4ccncc4)CC3)cc2)cc1. The summed E-state index contributed by atoms with van der Waals surface area (Å²) in [6, 6.07) is 19.6. The molecule has 1 aromatic heterocycles. The largest absolute Gasteiger partial charge is 0.368 e. The van der Waals surface area contributed by atoms with Crippen molar-refractivity contribution < 1.29 is 4.39 Å². The van der Waals surface area contributed by atoms with Crippen LogP contribution in [-0.4, -0.2) is 31.2 Å². The summed E-state index contributed by atoms with van der Waals surface area (Å²) in [7, 11) is 0. The smallest absolute Gasteiger partial charge is 0.123 e. The van der Waals surface area contributed by atoms with Crippen LogP contribution >= 0.6 is 0 Å². The molecule has 0 amide bonds. The monoisotopic (exact) mass is 347 g/mol. The van der Waals surface area contributed by atoms with Crippen molar-refractivity contribution in [3.63, 3.8) is 0 Å². The van der Waals surface area contributed by atoms with Crippen molar-refractivity contribution in [1.82, 2.24) is 4.98 Å². The molecule has 132 valence electrons. The Morgan fingerprint density at radius 1 is 0.654 bits per heavy atom. The predicted octanol–water partition coefficient (Wildman–Crippen LogP) is 4.14. The summed E-state index contributed by atoms with van der Waals surface area (Å²) in [5, 5.41) is 0. The Morgan fingerprint density at radius 2 is 1.12 bits per heavy atom. The number of halogens is 1. The number of pyridine rings is 1. The summed E-state index contributed by atoms with van der Waals surface area (Å²) in [6.45, 7) is 4.06. The molecule has 1 fully saturated rings. The zero-order valence-electron chi connectivity index (χ0n) is 14.7. The van der Waals surface area contributed by atoms with Gasteiger partial charge in [0.1, 0.15) is 5.82 Å². The molecule has 0 aliphatic carbocycles. The Morgan fingerprint density at radius 3 is 1.65 bits per heavy atom. The molecule has 3 nitrogen and oxygen atoms in total. The first-order valence-corrected chi connectivity index (χ1v) is 9.01. The number of hydrogen-bond acceptors (Lipinski definition) is 3. The van der Waals surface area contributed by atoms with Gasteiger partial charge in [-0.3, -0.25) is 4.98 Å². The summed E-state index contributed by atoms with van der Waals surface area (Å²) in [4.78, 5) is 8.92. The Hall–Kier alpha value is -2.88. The Bertz CT molecular complexity index is 824. The number of nitrogens with zero attached hydrogens (tertiary/aromatic N) is 3. The molecule has 0 bridgehead atoms.